The lowest BCUT2D eigenvalue weighted by molar-refractivity contribution is -0.384. The number of nitro benzene ring substituents is 1. The van der Waals surface area contributed by atoms with Gasteiger partial charge in [0.1, 0.15) is 12.4 Å². The summed E-state index contributed by atoms with van der Waals surface area (Å²) in [6.07, 6.45) is 4.47. The van der Waals surface area contributed by atoms with Crippen molar-refractivity contribution in [3.63, 3.8) is 0 Å². The topological polar surface area (TPSA) is 98.5 Å². The Hall–Kier alpha value is -1.49. The van der Waals surface area contributed by atoms with Crippen LogP contribution >= 0.6 is 11.6 Å². The molecule has 184 valence electrons. The van der Waals surface area contributed by atoms with Crippen LogP contribution in [0.3, 0.4) is 0 Å². The van der Waals surface area contributed by atoms with Crippen molar-refractivity contribution in [1.29, 1.82) is 0 Å². The Morgan fingerprint density at radius 2 is 1.06 bits per heavy atom. The molecule has 0 aliphatic heterocycles. The molecule has 0 aliphatic carbocycles. The molecule has 1 rings (SSSR count). The van der Waals surface area contributed by atoms with Gasteiger partial charge in [0.05, 0.1) is 64.4 Å². The third kappa shape index (κ3) is 17.1. The lowest BCUT2D eigenvalue weighted by atomic mass is 10.2. The van der Waals surface area contributed by atoms with Crippen LogP contribution in [0, 0.1) is 10.1 Å². The van der Waals surface area contributed by atoms with Gasteiger partial charge in [0.2, 0.25) is 0 Å². The Bertz CT molecular complexity index is 561. The van der Waals surface area contributed by atoms with Crippen LogP contribution in [0.25, 0.3) is 0 Å². The summed E-state index contributed by atoms with van der Waals surface area (Å²) in [5.74, 6) is 1.31. The number of unbranched alkanes of at least 4 members (excludes halogenated alkanes) is 3. The third-order valence-electron chi connectivity index (χ3n) is 4.20. The van der Waals surface area contributed by atoms with Crippen molar-refractivity contribution in [2.75, 3.05) is 78.6 Å². The molecule has 1 aromatic carbocycles. The number of hydrogen-bond acceptors (Lipinski definition) is 8. The molecule has 0 N–H and O–H groups in total. The number of hydrogen-bond donors (Lipinski definition) is 0. The first-order chi connectivity index (χ1) is 15.7. The number of halogens is 1. The number of nitrogens with zero attached hydrogens (tertiary/aromatic N) is 1. The molecule has 32 heavy (non-hydrogen) atoms. The fraction of sp³-hybridized carbons (Fsp3) is 0.727. The third-order valence-corrected chi connectivity index (χ3v) is 4.47. The van der Waals surface area contributed by atoms with Crippen molar-refractivity contribution in [3.8, 4) is 5.75 Å². The molecule has 0 unspecified atom stereocenters. The van der Waals surface area contributed by atoms with Crippen LogP contribution in [-0.4, -0.2) is 83.5 Å². The average Bonchev–Trinajstić information content (AvgIpc) is 2.80. The maximum absolute atomic E-state index is 10.6. The maximum atomic E-state index is 10.6. The minimum absolute atomic E-state index is 0.0347. The van der Waals surface area contributed by atoms with Crippen molar-refractivity contribution < 1.29 is 33.3 Å². The van der Waals surface area contributed by atoms with Gasteiger partial charge in [-0.1, -0.05) is 12.8 Å². The quantitative estimate of drug-likeness (QED) is 0.101. The highest BCUT2D eigenvalue weighted by Gasteiger charge is 2.04. The lowest BCUT2D eigenvalue weighted by Crippen LogP contribution is -2.14. The normalized spacial score (nSPS) is 11.0. The molecule has 0 saturated heterocycles. The average molecular weight is 478 g/mol. The first kappa shape index (κ1) is 28.5. The van der Waals surface area contributed by atoms with Crippen LogP contribution < -0.4 is 4.74 Å². The molecule has 0 amide bonds. The Kier molecular flexibility index (Phi) is 19.1. The summed E-state index contributed by atoms with van der Waals surface area (Å²) in [5.41, 5.74) is 0.0347. The number of rotatable bonds is 23. The van der Waals surface area contributed by atoms with Crippen LogP contribution in [0.4, 0.5) is 5.69 Å². The predicted molar refractivity (Wildman–Crippen MR) is 122 cm³/mol. The fourth-order valence-electron chi connectivity index (χ4n) is 2.52. The van der Waals surface area contributed by atoms with Crippen molar-refractivity contribution in [1.82, 2.24) is 0 Å². The summed E-state index contributed by atoms with van der Waals surface area (Å²) >= 11 is 5.63. The van der Waals surface area contributed by atoms with E-state index in [0.717, 1.165) is 31.7 Å². The lowest BCUT2D eigenvalue weighted by Gasteiger charge is -2.08. The van der Waals surface area contributed by atoms with Gasteiger partial charge in [0.15, 0.2) is 0 Å². The van der Waals surface area contributed by atoms with Gasteiger partial charge in [0, 0.05) is 24.6 Å². The van der Waals surface area contributed by atoms with Crippen molar-refractivity contribution in [3.05, 3.63) is 34.4 Å². The highest BCUT2D eigenvalue weighted by Crippen LogP contribution is 2.17. The summed E-state index contributed by atoms with van der Waals surface area (Å²) in [7, 11) is 0. The molecule has 9 nitrogen and oxygen atoms in total. The van der Waals surface area contributed by atoms with Gasteiger partial charge in [-0.3, -0.25) is 10.1 Å². The van der Waals surface area contributed by atoms with Crippen LogP contribution in [0.1, 0.15) is 25.7 Å². The zero-order valence-electron chi connectivity index (χ0n) is 18.7. The second-order valence-corrected chi connectivity index (χ2v) is 7.14. The van der Waals surface area contributed by atoms with Crippen LogP contribution in [0.5, 0.6) is 5.75 Å². The van der Waals surface area contributed by atoms with E-state index in [1.165, 1.54) is 18.6 Å². The number of non-ortho nitro benzene ring substituents is 1. The van der Waals surface area contributed by atoms with E-state index >= 15 is 0 Å². The fourth-order valence-corrected chi connectivity index (χ4v) is 2.71. The minimum Gasteiger partial charge on any atom is -0.491 e. The van der Waals surface area contributed by atoms with Gasteiger partial charge >= 0.3 is 0 Å². The Labute approximate surface area is 195 Å². The number of nitro groups is 1. The van der Waals surface area contributed by atoms with E-state index in [4.69, 9.17) is 40.0 Å². The maximum Gasteiger partial charge on any atom is 0.269 e. The molecule has 0 bridgehead atoms. The molecular weight excluding hydrogens is 442 g/mol. The van der Waals surface area contributed by atoms with Gasteiger partial charge in [-0.05, 0) is 25.0 Å². The molecule has 0 aliphatic rings. The Morgan fingerprint density at radius 1 is 0.625 bits per heavy atom. The molecular formula is C22H36ClNO8. The number of alkyl halides is 1. The van der Waals surface area contributed by atoms with Gasteiger partial charge < -0.3 is 28.4 Å². The number of benzene rings is 1. The molecule has 0 saturated carbocycles. The summed E-state index contributed by atoms with van der Waals surface area (Å²) in [4.78, 5) is 10.1. The standard InChI is InChI=1S/C22H36ClNO8/c23-9-3-1-2-4-10-27-11-12-28-13-14-29-15-16-30-17-18-31-19-20-32-22-7-5-21(6-8-22)24(25)26/h5-8H,1-4,9-20H2. The summed E-state index contributed by atoms with van der Waals surface area (Å²) in [5, 5.41) is 10.6. The second-order valence-electron chi connectivity index (χ2n) is 6.76. The molecule has 0 spiro atoms. The Morgan fingerprint density at radius 3 is 1.53 bits per heavy atom. The zero-order chi connectivity index (χ0) is 23.1. The van der Waals surface area contributed by atoms with E-state index < -0.39 is 4.92 Å². The first-order valence-electron chi connectivity index (χ1n) is 11.1. The zero-order valence-corrected chi connectivity index (χ0v) is 19.5. The van der Waals surface area contributed by atoms with Crippen LogP contribution in [0.15, 0.2) is 24.3 Å². The van der Waals surface area contributed by atoms with Gasteiger partial charge in [-0.15, -0.1) is 11.6 Å². The van der Waals surface area contributed by atoms with Crippen LogP contribution in [0.2, 0.25) is 0 Å². The molecule has 0 heterocycles. The van der Waals surface area contributed by atoms with Gasteiger partial charge in [0.25, 0.3) is 5.69 Å². The van der Waals surface area contributed by atoms with E-state index in [1.807, 2.05) is 0 Å². The van der Waals surface area contributed by atoms with Crippen molar-refractivity contribution in [2.45, 2.75) is 25.7 Å². The molecule has 1 aromatic rings. The summed E-state index contributed by atoms with van der Waals surface area (Å²) in [6, 6.07) is 5.93. The monoisotopic (exact) mass is 477 g/mol. The van der Waals surface area contributed by atoms with E-state index in [2.05, 4.69) is 0 Å². The molecule has 0 atom stereocenters. The van der Waals surface area contributed by atoms with Crippen LogP contribution in [-0.2, 0) is 23.7 Å². The highest BCUT2D eigenvalue weighted by atomic mass is 35.5. The van der Waals surface area contributed by atoms with Gasteiger partial charge in [-0.2, -0.15) is 0 Å². The Balaban J connectivity index is 1.73. The number of ether oxygens (including phenoxy) is 6. The van der Waals surface area contributed by atoms with E-state index in [9.17, 15) is 10.1 Å². The molecule has 0 radical (unpaired) electrons. The summed E-state index contributed by atoms with van der Waals surface area (Å²) in [6.45, 7) is 5.73. The summed E-state index contributed by atoms with van der Waals surface area (Å²) < 4.78 is 32.6. The molecule has 0 fully saturated rings. The SMILES string of the molecule is O=[N+]([O-])c1ccc(OCCOCCOCCOCCOCCOCCCCCCCl)cc1. The van der Waals surface area contributed by atoms with E-state index in [-0.39, 0.29) is 5.69 Å². The molecule has 0 aromatic heterocycles. The van der Waals surface area contributed by atoms with Crippen molar-refractivity contribution in [2.24, 2.45) is 0 Å². The largest absolute Gasteiger partial charge is 0.491 e. The smallest absolute Gasteiger partial charge is 0.269 e. The predicted octanol–water partition coefficient (Wildman–Crippen LogP) is 3.86. The van der Waals surface area contributed by atoms with E-state index in [0.29, 0.717) is 71.8 Å². The highest BCUT2D eigenvalue weighted by molar-refractivity contribution is 6.17. The molecule has 10 heteroatoms. The first-order valence-corrected chi connectivity index (χ1v) is 11.6. The van der Waals surface area contributed by atoms with Crippen molar-refractivity contribution >= 4 is 17.3 Å². The second kappa shape index (κ2) is 21.4. The van der Waals surface area contributed by atoms with Gasteiger partial charge in [-0.25, -0.2) is 0 Å². The minimum atomic E-state index is -0.447. The van der Waals surface area contributed by atoms with E-state index in [1.54, 1.807) is 12.1 Å².